The minimum Gasteiger partial charge on any atom is -0.861 e. The number of rotatable bonds is 6. The zero-order valence-electron chi connectivity index (χ0n) is 13.9. The number of aromatic nitrogens is 1. The first-order chi connectivity index (χ1) is 12.0. The van der Waals surface area contributed by atoms with Gasteiger partial charge < -0.3 is 15.3 Å². The fourth-order valence-electron chi connectivity index (χ4n) is 2.54. The number of pyridine rings is 1. The average molecular weight is 403 g/mol. The van der Waals surface area contributed by atoms with Gasteiger partial charge in [-0.3, -0.25) is 19.7 Å². The van der Waals surface area contributed by atoms with Gasteiger partial charge in [0.15, 0.2) is 6.04 Å². The SMILES string of the molecule is O=C(O)C1=C(CO)CS[C@@H]2[C@H](N=C([O-])CSc3ccncc3)C(=O)N12.[Na+]. The first kappa shape index (κ1) is 21.3. The third-order valence-electron chi connectivity index (χ3n) is 3.71. The molecule has 26 heavy (non-hydrogen) atoms. The van der Waals surface area contributed by atoms with Crippen LogP contribution in [0.1, 0.15) is 0 Å². The number of thioether (sulfide) groups is 2. The Labute approximate surface area is 180 Å². The van der Waals surface area contributed by atoms with Crippen molar-refractivity contribution in [3.8, 4) is 0 Å². The van der Waals surface area contributed by atoms with Crippen LogP contribution in [0.2, 0.25) is 0 Å². The van der Waals surface area contributed by atoms with Crippen molar-refractivity contribution in [2.24, 2.45) is 4.99 Å². The van der Waals surface area contributed by atoms with Crippen molar-refractivity contribution in [3.63, 3.8) is 0 Å². The van der Waals surface area contributed by atoms with Crippen LogP contribution in [0.5, 0.6) is 0 Å². The number of nitrogens with zero attached hydrogens (tertiary/aromatic N) is 3. The van der Waals surface area contributed by atoms with Crippen LogP contribution in [0.4, 0.5) is 0 Å². The van der Waals surface area contributed by atoms with Crippen LogP contribution in [0, 0.1) is 0 Å². The molecule has 11 heteroatoms. The number of carbonyl (C=O) groups excluding carboxylic acids is 1. The van der Waals surface area contributed by atoms with E-state index in [1.54, 1.807) is 24.5 Å². The summed E-state index contributed by atoms with van der Waals surface area (Å²) in [5, 5.41) is 30.1. The molecular weight excluding hydrogens is 389 g/mol. The number of carboxylic acids is 1. The van der Waals surface area contributed by atoms with E-state index in [1.807, 2.05) is 0 Å². The number of aliphatic hydroxyl groups is 1. The molecular formula is C15H14N3NaO5S2. The maximum absolute atomic E-state index is 12.3. The first-order valence-corrected chi connectivity index (χ1v) is 9.33. The average Bonchev–Trinajstić information content (AvgIpc) is 2.63. The van der Waals surface area contributed by atoms with Gasteiger partial charge in [0.2, 0.25) is 0 Å². The van der Waals surface area contributed by atoms with Gasteiger partial charge in [-0.05, 0) is 23.6 Å². The molecule has 0 aromatic carbocycles. The molecule has 2 aliphatic heterocycles. The van der Waals surface area contributed by atoms with Gasteiger partial charge in [-0.2, -0.15) is 0 Å². The molecule has 1 fully saturated rings. The summed E-state index contributed by atoms with van der Waals surface area (Å²) >= 11 is 2.59. The molecule has 1 saturated heterocycles. The standard InChI is InChI=1S/C15H15N3O5S2.Na/c19-5-8-6-25-14-11(13(21)18(14)12(8)15(22)23)17-10(20)7-24-9-1-3-16-4-2-9;/h1-4,11,14,19H,5-7H2,(H,17,20)(H,22,23);/q;+1/p-1/t11-,14-;/m1./s1. The van der Waals surface area contributed by atoms with E-state index in [9.17, 15) is 24.9 Å². The van der Waals surface area contributed by atoms with Crippen LogP contribution in [-0.2, 0) is 9.59 Å². The number of fused-ring (bicyclic) bond motifs is 1. The summed E-state index contributed by atoms with van der Waals surface area (Å²) in [6.45, 7) is -0.422. The Morgan fingerprint density at radius 1 is 1.46 bits per heavy atom. The molecule has 3 heterocycles. The summed E-state index contributed by atoms with van der Waals surface area (Å²) in [6, 6.07) is 2.67. The second-order valence-electron chi connectivity index (χ2n) is 5.26. The predicted octanol–water partition coefficient (Wildman–Crippen LogP) is -3.45. The van der Waals surface area contributed by atoms with Gasteiger partial charge in [-0.25, -0.2) is 4.79 Å². The maximum atomic E-state index is 12.3. The topological polar surface area (TPSA) is 126 Å². The Kier molecular flexibility index (Phi) is 7.56. The fourth-order valence-corrected chi connectivity index (χ4v) is 4.54. The van der Waals surface area contributed by atoms with Crippen LogP contribution in [0.25, 0.3) is 0 Å². The zero-order valence-corrected chi connectivity index (χ0v) is 17.5. The summed E-state index contributed by atoms with van der Waals surface area (Å²) in [5.41, 5.74) is 0.0985. The Morgan fingerprint density at radius 2 is 2.15 bits per heavy atom. The van der Waals surface area contributed by atoms with Gasteiger partial charge in [-0.1, -0.05) is 0 Å². The fraction of sp³-hybridized carbons (Fsp3) is 0.333. The number of carbonyl (C=O) groups is 2. The quantitative estimate of drug-likeness (QED) is 0.165. The minimum atomic E-state index is -1.26. The Bertz CT molecular complexity index is 759. The van der Waals surface area contributed by atoms with E-state index < -0.39 is 35.8 Å². The van der Waals surface area contributed by atoms with Crippen LogP contribution < -0.4 is 34.7 Å². The second-order valence-corrected chi connectivity index (χ2v) is 7.42. The van der Waals surface area contributed by atoms with Crippen LogP contribution in [0.15, 0.2) is 45.7 Å². The van der Waals surface area contributed by atoms with Crippen LogP contribution in [0.3, 0.4) is 0 Å². The molecule has 2 N–H and O–H groups in total. The number of aliphatic imine (C=N–C) groups is 1. The van der Waals surface area contributed by atoms with Gasteiger partial charge in [0.05, 0.1) is 6.61 Å². The molecule has 1 amide bonds. The molecule has 2 aliphatic rings. The van der Waals surface area contributed by atoms with Crippen LogP contribution in [-0.4, -0.2) is 67.4 Å². The Balaban J connectivity index is 0.00000243. The molecule has 0 unspecified atom stereocenters. The van der Waals surface area contributed by atoms with E-state index in [-0.39, 0.29) is 41.0 Å². The summed E-state index contributed by atoms with van der Waals surface area (Å²) in [7, 11) is 0. The van der Waals surface area contributed by atoms with Crippen molar-refractivity contribution < 1.29 is 54.5 Å². The van der Waals surface area contributed by atoms with Gasteiger partial charge in [0.25, 0.3) is 5.91 Å². The Hall–Kier alpha value is -1.04. The smallest absolute Gasteiger partial charge is 0.861 e. The molecule has 8 nitrogen and oxygen atoms in total. The molecule has 132 valence electrons. The number of hydrogen-bond acceptors (Lipinski definition) is 8. The van der Waals surface area contributed by atoms with E-state index in [4.69, 9.17) is 0 Å². The van der Waals surface area contributed by atoms with Gasteiger partial charge in [0, 0.05) is 28.8 Å². The van der Waals surface area contributed by atoms with E-state index >= 15 is 0 Å². The van der Waals surface area contributed by atoms with Gasteiger partial charge in [-0.15, -0.1) is 23.5 Å². The molecule has 0 spiro atoms. The molecule has 0 saturated carbocycles. The number of hydrogen-bond donors (Lipinski definition) is 2. The summed E-state index contributed by atoms with van der Waals surface area (Å²) in [4.78, 5) is 33.4. The number of aliphatic carboxylic acids is 1. The first-order valence-electron chi connectivity index (χ1n) is 7.30. The normalized spacial score (nSPS) is 22.4. The van der Waals surface area contributed by atoms with Crippen molar-refractivity contribution in [2.45, 2.75) is 16.3 Å². The predicted molar refractivity (Wildman–Crippen MR) is 91.0 cm³/mol. The molecule has 0 aliphatic carbocycles. The van der Waals surface area contributed by atoms with Crippen molar-refractivity contribution in [2.75, 3.05) is 18.1 Å². The summed E-state index contributed by atoms with van der Waals surface area (Å²) < 4.78 is 0. The molecule has 2 atom stereocenters. The third kappa shape index (κ3) is 4.26. The molecule has 3 rings (SSSR count). The number of aliphatic hydroxyl groups excluding tert-OH is 1. The zero-order chi connectivity index (χ0) is 18.0. The molecule has 1 aromatic rings. The van der Waals surface area contributed by atoms with Gasteiger partial charge >= 0.3 is 35.5 Å². The van der Waals surface area contributed by atoms with Gasteiger partial charge in [0.1, 0.15) is 11.1 Å². The van der Waals surface area contributed by atoms with Crippen LogP contribution >= 0.6 is 23.5 Å². The third-order valence-corrected chi connectivity index (χ3v) is 6.03. The van der Waals surface area contributed by atoms with Crippen molar-refractivity contribution in [1.82, 2.24) is 9.88 Å². The largest absolute Gasteiger partial charge is 1.00 e. The maximum Gasteiger partial charge on any atom is 1.00 e. The Morgan fingerprint density at radius 3 is 2.77 bits per heavy atom. The number of amides is 1. The summed E-state index contributed by atoms with van der Waals surface area (Å²) in [5.74, 6) is -1.83. The number of carboxylic acid groups (broad SMARTS) is 1. The van der Waals surface area contributed by atoms with E-state index in [1.165, 1.54) is 23.5 Å². The van der Waals surface area contributed by atoms with E-state index in [0.717, 1.165) is 9.80 Å². The molecule has 0 bridgehead atoms. The van der Waals surface area contributed by atoms with E-state index in [2.05, 4.69) is 9.98 Å². The molecule has 1 aromatic heterocycles. The van der Waals surface area contributed by atoms with Crippen molar-refractivity contribution in [1.29, 1.82) is 0 Å². The second kappa shape index (κ2) is 9.25. The van der Waals surface area contributed by atoms with E-state index in [0.29, 0.717) is 11.3 Å². The monoisotopic (exact) mass is 403 g/mol. The minimum absolute atomic E-state index is 0. The number of β-lactam (4-membered cyclic amide) rings is 1. The molecule has 0 radical (unpaired) electrons. The summed E-state index contributed by atoms with van der Waals surface area (Å²) in [6.07, 6.45) is 3.24. The van der Waals surface area contributed by atoms with Crippen molar-refractivity contribution in [3.05, 3.63) is 35.8 Å². The van der Waals surface area contributed by atoms with Crippen molar-refractivity contribution >= 4 is 41.3 Å².